The molecule has 1 aliphatic rings. The van der Waals surface area contributed by atoms with Crippen LogP contribution in [0.3, 0.4) is 0 Å². The van der Waals surface area contributed by atoms with Crippen LogP contribution in [0.15, 0.2) is 11.6 Å². The summed E-state index contributed by atoms with van der Waals surface area (Å²) in [6, 6.07) is 0. The minimum atomic E-state index is 0.374. The number of hydrogen-bond acceptors (Lipinski definition) is 1. The maximum atomic E-state index is 2.39. The van der Waals surface area contributed by atoms with Gasteiger partial charge in [0.1, 0.15) is 0 Å². The van der Waals surface area contributed by atoms with Crippen molar-refractivity contribution in [2.24, 2.45) is 0 Å². The largest absolute Gasteiger partial charge is 0.297 e. The van der Waals surface area contributed by atoms with Crippen molar-refractivity contribution in [1.29, 1.82) is 0 Å². The zero-order valence-electron chi connectivity index (χ0n) is 7.44. The monoisotopic (exact) mass is 139 g/mol. The molecule has 10 heavy (non-hydrogen) atoms. The summed E-state index contributed by atoms with van der Waals surface area (Å²) in [5, 5.41) is 0. The van der Waals surface area contributed by atoms with Gasteiger partial charge in [0.05, 0.1) is 0 Å². The van der Waals surface area contributed by atoms with E-state index in [2.05, 4.69) is 38.8 Å². The van der Waals surface area contributed by atoms with Crippen LogP contribution in [-0.2, 0) is 0 Å². The lowest BCUT2D eigenvalue weighted by molar-refractivity contribution is 0.162. The first-order chi connectivity index (χ1) is 4.52. The maximum absolute atomic E-state index is 2.39. The van der Waals surface area contributed by atoms with Crippen LogP contribution < -0.4 is 0 Å². The molecular weight excluding hydrogens is 122 g/mol. The van der Waals surface area contributed by atoms with Gasteiger partial charge in [-0.05, 0) is 34.2 Å². The fourth-order valence-corrected chi connectivity index (χ4v) is 1.43. The Morgan fingerprint density at radius 1 is 1.50 bits per heavy atom. The zero-order chi connectivity index (χ0) is 7.78. The Morgan fingerprint density at radius 2 is 2.10 bits per heavy atom. The first kappa shape index (κ1) is 7.80. The van der Waals surface area contributed by atoms with E-state index in [0.29, 0.717) is 5.54 Å². The van der Waals surface area contributed by atoms with Gasteiger partial charge in [0.25, 0.3) is 0 Å². The van der Waals surface area contributed by atoms with E-state index in [0.717, 1.165) is 6.54 Å². The van der Waals surface area contributed by atoms with Crippen molar-refractivity contribution in [3.63, 3.8) is 0 Å². The van der Waals surface area contributed by atoms with Crippen LogP contribution in [-0.4, -0.2) is 24.0 Å². The third-order valence-electron chi connectivity index (χ3n) is 2.46. The molecule has 1 heteroatoms. The molecule has 0 unspecified atom stereocenters. The van der Waals surface area contributed by atoms with Gasteiger partial charge in [0, 0.05) is 12.1 Å². The predicted molar refractivity (Wildman–Crippen MR) is 45.1 cm³/mol. The summed E-state index contributed by atoms with van der Waals surface area (Å²) in [5.74, 6) is 0. The summed E-state index contributed by atoms with van der Waals surface area (Å²) in [7, 11) is 2.18. The van der Waals surface area contributed by atoms with E-state index in [1.165, 1.54) is 12.0 Å². The first-order valence-electron chi connectivity index (χ1n) is 3.89. The number of rotatable bonds is 0. The molecule has 0 aromatic carbocycles. The van der Waals surface area contributed by atoms with E-state index in [9.17, 15) is 0 Å². The summed E-state index contributed by atoms with van der Waals surface area (Å²) in [6.45, 7) is 7.92. The standard InChI is InChI=1S/C9H17N/c1-8-5-6-10(4)9(2,3)7-8/h5H,6-7H2,1-4H3. The Morgan fingerprint density at radius 3 is 2.50 bits per heavy atom. The number of likely N-dealkylation sites (N-methyl/N-ethyl adjacent to an activating group) is 1. The molecule has 0 aliphatic carbocycles. The lowest BCUT2D eigenvalue weighted by Gasteiger charge is -2.38. The fraction of sp³-hybridized carbons (Fsp3) is 0.778. The highest BCUT2D eigenvalue weighted by Gasteiger charge is 2.25. The highest BCUT2D eigenvalue weighted by Crippen LogP contribution is 2.25. The second-order valence-electron chi connectivity index (χ2n) is 3.92. The van der Waals surface area contributed by atoms with Gasteiger partial charge in [0.2, 0.25) is 0 Å². The Kier molecular flexibility index (Phi) is 1.86. The Hall–Kier alpha value is -0.300. The van der Waals surface area contributed by atoms with E-state index in [1.54, 1.807) is 0 Å². The van der Waals surface area contributed by atoms with Crippen molar-refractivity contribution < 1.29 is 0 Å². The van der Waals surface area contributed by atoms with Gasteiger partial charge >= 0.3 is 0 Å². The molecule has 1 aliphatic heterocycles. The smallest absolute Gasteiger partial charge is 0.0190 e. The summed E-state index contributed by atoms with van der Waals surface area (Å²) in [5.41, 5.74) is 1.90. The van der Waals surface area contributed by atoms with Gasteiger partial charge in [-0.25, -0.2) is 0 Å². The maximum Gasteiger partial charge on any atom is 0.0190 e. The van der Waals surface area contributed by atoms with Gasteiger partial charge in [-0.15, -0.1) is 0 Å². The summed E-state index contributed by atoms with van der Waals surface area (Å²) in [6.07, 6.45) is 3.52. The Balaban J connectivity index is 2.72. The van der Waals surface area contributed by atoms with Crippen LogP contribution >= 0.6 is 0 Å². The molecule has 0 saturated heterocycles. The molecule has 0 fully saturated rings. The number of hydrogen-bond donors (Lipinski definition) is 0. The van der Waals surface area contributed by atoms with Crippen LogP contribution in [0.1, 0.15) is 27.2 Å². The molecule has 0 N–H and O–H groups in total. The first-order valence-corrected chi connectivity index (χ1v) is 3.89. The van der Waals surface area contributed by atoms with Gasteiger partial charge in [0.15, 0.2) is 0 Å². The third-order valence-corrected chi connectivity index (χ3v) is 2.46. The van der Waals surface area contributed by atoms with Crippen molar-refractivity contribution in [3.8, 4) is 0 Å². The lowest BCUT2D eigenvalue weighted by atomic mass is 9.91. The molecule has 0 spiro atoms. The van der Waals surface area contributed by atoms with Crippen LogP contribution in [0, 0.1) is 0 Å². The van der Waals surface area contributed by atoms with E-state index in [4.69, 9.17) is 0 Å². The predicted octanol–water partition coefficient (Wildman–Crippen LogP) is 2.05. The van der Waals surface area contributed by atoms with Crippen LogP contribution in [0.2, 0.25) is 0 Å². The van der Waals surface area contributed by atoms with Crippen molar-refractivity contribution >= 4 is 0 Å². The second kappa shape index (κ2) is 2.39. The van der Waals surface area contributed by atoms with Crippen molar-refractivity contribution in [2.75, 3.05) is 13.6 Å². The van der Waals surface area contributed by atoms with E-state index < -0.39 is 0 Å². The third kappa shape index (κ3) is 1.40. The summed E-state index contributed by atoms with van der Waals surface area (Å²) in [4.78, 5) is 2.39. The van der Waals surface area contributed by atoms with Gasteiger partial charge in [-0.2, -0.15) is 0 Å². The second-order valence-corrected chi connectivity index (χ2v) is 3.92. The SMILES string of the molecule is CC1=CCN(C)C(C)(C)C1. The molecule has 0 bridgehead atoms. The molecule has 0 amide bonds. The molecule has 0 atom stereocenters. The van der Waals surface area contributed by atoms with Crippen molar-refractivity contribution in [3.05, 3.63) is 11.6 Å². The molecule has 0 aromatic heterocycles. The Labute approximate surface area is 63.7 Å². The average molecular weight is 139 g/mol. The average Bonchev–Trinajstić information content (AvgIpc) is 1.78. The molecule has 0 saturated carbocycles. The lowest BCUT2D eigenvalue weighted by Crippen LogP contribution is -2.43. The molecule has 58 valence electrons. The normalized spacial score (nSPS) is 26.2. The van der Waals surface area contributed by atoms with Gasteiger partial charge < -0.3 is 0 Å². The zero-order valence-corrected chi connectivity index (χ0v) is 7.44. The van der Waals surface area contributed by atoms with E-state index >= 15 is 0 Å². The van der Waals surface area contributed by atoms with Gasteiger partial charge in [-0.3, -0.25) is 4.90 Å². The Bertz CT molecular complexity index is 156. The minimum absolute atomic E-state index is 0.374. The summed E-state index contributed by atoms with van der Waals surface area (Å²) < 4.78 is 0. The summed E-state index contributed by atoms with van der Waals surface area (Å²) >= 11 is 0. The van der Waals surface area contributed by atoms with Crippen molar-refractivity contribution in [2.45, 2.75) is 32.7 Å². The molecule has 1 nitrogen and oxygen atoms in total. The number of nitrogens with zero attached hydrogens (tertiary/aromatic N) is 1. The topological polar surface area (TPSA) is 3.24 Å². The van der Waals surface area contributed by atoms with Crippen LogP contribution in [0.5, 0.6) is 0 Å². The minimum Gasteiger partial charge on any atom is -0.297 e. The van der Waals surface area contributed by atoms with Gasteiger partial charge in [-0.1, -0.05) is 11.6 Å². The van der Waals surface area contributed by atoms with E-state index in [-0.39, 0.29) is 0 Å². The molecule has 0 aromatic rings. The molecule has 1 heterocycles. The van der Waals surface area contributed by atoms with Crippen LogP contribution in [0.4, 0.5) is 0 Å². The van der Waals surface area contributed by atoms with Crippen LogP contribution in [0.25, 0.3) is 0 Å². The quantitative estimate of drug-likeness (QED) is 0.464. The fourth-order valence-electron chi connectivity index (χ4n) is 1.43. The highest BCUT2D eigenvalue weighted by molar-refractivity contribution is 5.10. The van der Waals surface area contributed by atoms with E-state index in [1.807, 2.05) is 0 Å². The van der Waals surface area contributed by atoms with Crippen molar-refractivity contribution in [1.82, 2.24) is 4.90 Å². The highest BCUT2D eigenvalue weighted by atomic mass is 15.2. The molecule has 1 rings (SSSR count). The molecular formula is C9H17N. The molecule has 0 radical (unpaired) electrons.